The van der Waals surface area contributed by atoms with Crippen LogP contribution in [0.5, 0.6) is 11.5 Å². The summed E-state index contributed by atoms with van der Waals surface area (Å²) >= 11 is 21.8. The van der Waals surface area contributed by atoms with Gasteiger partial charge in [0.2, 0.25) is 11.8 Å². The van der Waals surface area contributed by atoms with Gasteiger partial charge in [-0.05, 0) is 106 Å². The van der Waals surface area contributed by atoms with Gasteiger partial charge >= 0.3 is 12.1 Å². The highest BCUT2D eigenvalue weighted by Gasteiger charge is 2.43. The van der Waals surface area contributed by atoms with E-state index in [1.54, 1.807) is 39.0 Å². The van der Waals surface area contributed by atoms with Crippen molar-refractivity contribution in [1.82, 2.24) is 16.0 Å². The molecule has 0 radical (unpaired) electrons. The monoisotopic (exact) mass is 1190 g/mol. The normalized spacial score (nSPS) is 17.3. The molecule has 2 unspecified atom stereocenters. The molecule has 25 heteroatoms. The molecular formula is C52H67Cl3N4O15S3. The van der Waals surface area contributed by atoms with Crippen LogP contribution in [-0.4, -0.2) is 118 Å². The van der Waals surface area contributed by atoms with Gasteiger partial charge in [0.05, 0.1) is 58.5 Å². The highest BCUT2D eigenvalue weighted by Crippen LogP contribution is 2.54. The number of aromatic carboxylic acids is 1. The first-order chi connectivity index (χ1) is 35.7. The van der Waals surface area contributed by atoms with Gasteiger partial charge < -0.3 is 45.3 Å². The number of nitrogens with one attached hydrogen (secondary N) is 4. The zero-order valence-corrected chi connectivity index (χ0v) is 49.1. The van der Waals surface area contributed by atoms with E-state index in [0.717, 1.165) is 11.8 Å². The molecular weight excluding hydrogens is 1120 g/mol. The Morgan fingerprint density at radius 3 is 2.00 bits per heavy atom. The predicted molar refractivity (Wildman–Crippen MR) is 295 cm³/mol. The summed E-state index contributed by atoms with van der Waals surface area (Å²) in [6.07, 6.45) is 4.10. The Bertz CT molecular complexity index is 3200. The lowest BCUT2D eigenvalue weighted by Gasteiger charge is -2.40. The van der Waals surface area contributed by atoms with Crippen LogP contribution in [0.3, 0.4) is 0 Å². The first-order valence-electron chi connectivity index (χ1n) is 25.0. The predicted octanol–water partition coefficient (Wildman–Crippen LogP) is 8.65. The lowest BCUT2D eigenvalue weighted by atomic mass is 9.74. The van der Waals surface area contributed by atoms with E-state index in [1.807, 2.05) is 41.5 Å². The van der Waals surface area contributed by atoms with E-state index in [9.17, 15) is 50.2 Å². The van der Waals surface area contributed by atoms with Gasteiger partial charge in [0.15, 0.2) is 16.4 Å². The fourth-order valence-corrected chi connectivity index (χ4v) is 13.7. The third-order valence-corrected chi connectivity index (χ3v) is 17.3. The Morgan fingerprint density at radius 1 is 0.779 bits per heavy atom. The number of carboxylic acid groups (broad SMARTS) is 1. The number of carboxylic acids is 1. The standard InChI is InChI=1S/C52H67Cl3N4O15S3/c1-27-23-51(6,7)25-33-29(27)21-31-36(32-22-30-28(2)24-52(8,9)59-42(30)47(77(68,69)70)44(32)73-43(31)46(33)76(65,66)67)37-38(48(62)63)39(53)41(55)45(40(37)54)75-26-35(61)56-14-12-10-11-13-34(60)57-15-17-71-19-20-72-18-16-58-49(64)74-50(3,4)5/h21-22,25,27-28,59H,10-20,23-24,26H2,1-9H3,(H,56,61)(H,57,60)(H,58,64)(H,62,63)(H,65,66,67)(H,68,69,70). The summed E-state index contributed by atoms with van der Waals surface area (Å²) < 4.78 is 99.6. The highest BCUT2D eigenvalue weighted by molar-refractivity contribution is 8.00. The molecule has 0 fully saturated rings. The first kappa shape index (κ1) is 61.8. The van der Waals surface area contributed by atoms with E-state index in [4.69, 9.17) is 53.8 Å². The number of thioether (sulfide) groups is 1. The van der Waals surface area contributed by atoms with Crippen molar-refractivity contribution in [3.8, 4) is 11.5 Å². The van der Waals surface area contributed by atoms with Gasteiger partial charge in [0, 0.05) is 58.4 Å². The van der Waals surface area contributed by atoms with Crippen LogP contribution in [0, 0.1) is 5.41 Å². The Morgan fingerprint density at radius 2 is 1.39 bits per heavy atom. The van der Waals surface area contributed by atoms with Crippen LogP contribution in [0.15, 0.2) is 26.8 Å². The Labute approximate surface area is 468 Å². The third-order valence-electron chi connectivity index (χ3n) is 12.9. The van der Waals surface area contributed by atoms with E-state index >= 15 is 0 Å². The summed E-state index contributed by atoms with van der Waals surface area (Å²) in [6.45, 7) is 18.5. The van der Waals surface area contributed by atoms with Crippen molar-refractivity contribution in [2.24, 2.45) is 5.41 Å². The van der Waals surface area contributed by atoms with Crippen LogP contribution < -0.4 is 36.4 Å². The van der Waals surface area contributed by atoms with Gasteiger partial charge in [-0.2, -0.15) is 16.8 Å². The van der Waals surface area contributed by atoms with Crippen LogP contribution in [0.2, 0.25) is 15.1 Å². The van der Waals surface area contributed by atoms with Crippen molar-refractivity contribution in [2.75, 3.05) is 57.1 Å². The molecule has 3 aromatic carbocycles. The second-order valence-electron chi connectivity index (χ2n) is 21.7. The number of carbonyl (C=O) groups excluding carboxylic acids is 3. The molecule has 2 atom stereocenters. The summed E-state index contributed by atoms with van der Waals surface area (Å²) in [6, 6.07) is 3.17. The number of ether oxygens (including phenoxy) is 4. The van der Waals surface area contributed by atoms with E-state index in [0.29, 0.717) is 63.0 Å². The Hall–Kier alpha value is -4.36. The molecule has 2 heterocycles. The molecule has 2 aliphatic heterocycles. The summed E-state index contributed by atoms with van der Waals surface area (Å²) in [5.41, 5.74) is -2.36. The number of benzene rings is 3. The second-order valence-corrected chi connectivity index (χ2v) is 26.5. The van der Waals surface area contributed by atoms with Crippen LogP contribution in [0.1, 0.15) is 145 Å². The molecule has 6 rings (SSSR count). The number of fused-ring (bicyclic) bond motifs is 4. The van der Waals surface area contributed by atoms with Gasteiger partial charge in [-0.25, -0.2) is 9.59 Å². The second kappa shape index (κ2) is 24.6. The van der Waals surface area contributed by atoms with Gasteiger partial charge in [-0.3, -0.25) is 18.7 Å². The SMILES string of the molecule is CC1CC(C)(C)Nc2c1cc1c(c2S(=O)(=O)O)Oc2c(S(=O)(=O)O)c3c(cc2=C1c1c(Cl)c(SCC(=O)NCCCCCC(=O)NCCOCCOCCNC(=O)OC(C)(C)C)c(Cl)c(Cl)c1C(=O)O)C(C)CC(C)(C)C=3. The number of hydrogen-bond donors (Lipinski definition) is 7. The molecule has 0 aromatic heterocycles. The van der Waals surface area contributed by atoms with Crippen molar-refractivity contribution in [1.29, 1.82) is 0 Å². The summed E-state index contributed by atoms with van der Waals surface area (Å²) in [7, 11) is -10.5. The maximum absolute atomic E-state index is 13.7. The number of hydrogen-bond acceptors (Lipinski definition) is 14. The lowest BCUT2D eigenvalue weighted by molar-refractivity contribution is -0.121. The average Bonchev–Trinajstić information content (AvgIpc) is 3.29. The third kappa shape index (κ3) is 15.1. The zero-order valence-electron chi connectivity index (χ0n) is 44.4. The highest BCUT2D eigenvalue weighted by atomic mass is 35.5. The number of amides is 3. The molecule has 3 aromatic rings. The molecule has 0 saturated carbocycles. The van der Waals surface area contributed by atoms with Crippen molar-refractivity contribution >= 4 is 108 Å². The molecule has 0 saturated heterocycles. The maximum atomic E-state index is 13.7. The summed E-state index contributed by atoms with van der Waals surface area (Å²) in [4.78, 5) is 49.3. The fourth-order valence-electron chi connectivity index (χ4n) is 10.0. The number of anilines is 1. The molecule has 0 bridgehead atoms. The number of halogens is 3. The zero-order chi connectivity index (χ0) is 57.2. The summed E-state index contributed by atoms with van der Waals surface area (Å²) in [5.74, 6) is -4.41. The van der Waals surface area contributed by atoms with Gasteiger partial charge in [0.1, 0.15) is 10.5 Å². The van der Waals surface area contributed by atoms with Gasteiger partial charge in [-0.15, -0.1) is 11.8 Å². The van der Waals surface area contributed by atoms with E-state index in [1.165, 1.54) is 0 Å². The number of rotatable bonds is 22. The molecule has 0 spiro atoms. The van der Waals surface area contributed by atoms with Crippen LogP contribution in [0.4, 0.5) is 10.5 Å². The fraction of sp³-hybridized carbons (Fsp3) is 0.538. The molecule has 424 valence electrons. The smallest absolute Gasteiger partial charge is 0.407 e. The topological polar surface area (TPSA) is 282 Å². The van der Waals surface area contributed by atoms with E-state index in [2.05, 4.69) is 21.3 Å². The molecule has 77 heavy (non-hydrogen) atoms. The minimum absolute atomic E-state index is 0.0294. The average molecular weight is 1190 g/mol. The minimum Gasteiger partial charge on any atom is -0.478 e. The lowest BCUT2D eigenvalue weighted by Crippen LogP contribution is -2.38. The van der Waals surface area contributed by atoms with Crippen molar-refractivity contribution < 1.29 is 69.2 Å². The van der Waals surface area contributed by atoms with Gasteiger partial charge in [0.25, 0.3) is 20.2 Å². The first-order valence-corrected chi connectivity index (χ1v) is 30.0. The minimum atomic E-state index is -5.27. The quantitative estimate of drug-likeness (QED) is 0.0168. The van der Waals surface area contributed by atoms with Gasteiger partial charge in [-0.1, -0.05) is 75.0 Å². The van der Waals surface area contributed by atoms with Crippen LogP contribution >= 0.6 is 46.6 Å². The maximum Gasteiger partial charge on any atom is 0.407 e. The molecule has 19 nitrogen and oxygen atoms in total. The Kier molecular flexibility index (Phi) is 19.7. The van der Waals surface area contributed by atoms with E-state index in [-0.39, 0.29) is 104 Å². The molecule has 1 aliphatic carbocycles. The number of alkyl carbamates (subject to hydrolysis) is 1. The Balaban J connectivity index is 1.22. The van der Waals surface area contributed by atoms with Crippen molar-refractivity contribution in [3.05, 3.63) is 65.5 Å². The molecule has 3 aliphatic rings. The molecule has 7 N–H and O–H groups in total. The van der Waals surface area contributed by atoms with Crippen LogP contribution in [0.25, 0.3) is 11.6 Å². The van der Waals surface area contributed by atoms with E-state index < -0.39 is 86.6 Å². The van der Waals surface area contributed by atoms with Crippen LogP contribution in [-0.2, 0) is 44.0 Å². The van der Waals surface area contributed by atoms with Crippen molar-refractivity contribution in [3.63, 3.8) is 0 Å². The molecule has 3 amide bonds. The number of unbranched alkanes of at least 4 members (excludes halogenated alkanes) is 2. The number of carbonyl (C=O) groups is 4. The summed E-state index contributed by atoms with van der Waals surface area (Å²) in [5, 5.41) is 21.2. The largest absolute Gasteiger partial charge is 0.478 e. The van der Waals surface area contributed by atoms with Crippen molar-refractivity contribution in [2.45, 2.75) is 139 Å².